The highest BCUT2D eigenvalue weighted by Crippen LogP contribution is 2.34. The van der Waals surface area contributed by atoms with Gasteiger partial charge in [-0.15, -0.1) is 23.7 Å². The predicted octanol–water partition coefficient (Wildman–Crippen LogP) is 5.24. The summed E-state index contributed by atoms with van der Waals surface area (Å²) in [7, 11) is 0. The van der Waals surface area contributed by atoms with Crippen LogP contribution in [0.5, 0.6) is 11.5 Å². The molecule has 2 aromatic carbocycles. The van der Waals surface area contributed by atoms with Gasteiger partial charge in [0, 0.05) is 17.6 Å². The van der Waals surface area contributed by atoms with Gasteiger partial charge in [-0.05, 0) is 49.6 Å². The zero-order valence-corrected chi connectivity index (χ0v) is 22.8. The van der Waals surface area contributed by atoms with E-state index in [9.17, 15) is 9.90 Å². The SMILES string of the molecule is Cl.O=C(CO)N1CCCCC1COc1cccc2ncnc(Nc3ccc(OCc4cscn4)c(Cl)c3)c12. The molecule has 0 aliphatic carbocycles. The van der Waals surface area contributed by atoms with Crippen molar-refractivity contribution >= 4 is 63.7 Å². The molecule has 0 bridgehead atoms. The molecule has 12 heteroatoms. The summed E-state index contributed by atoms with van der Waals surface area (Å²) in [6, 6.07) is 11.0. The van der Waals surface area contributed by atoms with Crippen molar-refractivity contribution in [2.45, 2.75) is 31.9 Å². The zero-order valence-electron chi connectivity index (χ0n) is 20.4. The van der Waals surface area contributed by atoms with Crippen LogP contribution in [-0.2, 0) is 11.4 Å². The van der Waals surface area contributed by atoms with E-state index >= 15 is 0 Å². The summed E-state index contributed by atoms with van der Waals surface area (Å²) >= 11 is 8.00. The Labute approximate surface area is 235 Å². The maximum Gasteiger partial charge on any atom is 0.248 e. The first-order valence-electron chi connectivity index (χ1n) is 12.0. The topological polar surface area (TPSA) is 110 Å². The third kappa shape index (κ3) is 6.44. The number of anilines is 2. The Morgan fingerprint density at radius 2 is 2.05 bits per heavy atom. The highest BCUT2D eigenvalue weighted by Gasteiger charge is 2.27. The monoisotopic (exact) mass is 575 g/mol. The van der Waals surface area contributed by atoms with Crippen LogP contribution in [0.15, 0.2) is 53.6 Å². The lowest BCUT2D eigenvalue weighted by molar-refractivity contribution is -0.138. The zero-order chi connectivity index (χ0) is 25.6. The number of piperidine rings is 1. The molecular weight excluding hydrogens is 549 g/mol. The van der Waals surface area contributed by atoms with E-state index in [0.29, 0.717) is 42.1 Å². The standard InChI is InChI=1S/C26H26ClN5O4S.ClH/c27-20-10-17(7-8-22(20)35-12-18-14-37-16-30-18)31-26-25-21(28-15-29-26)5-3-6-23(25)36-13-19-4-1-2-9-32(19)24(34)11-33;/h3,5-8,10,14-16,19,33H,1-2,4,9,11-13H2,(H,28,29,31);1H. The largest absolute Gasteiger partial charge is 0.491 e. The number of amides is 1. The van der Waals surface area contributed by atoms with Crippen molar-refractivity contribution in [3.8, 4) is 11.5 Å². The molecule has 200 valence electrons. The molecule has 1 unspecified atom stereocenters. The van der Waals surface area contributed by atoms with E-state index in [0.717, 1.165) is 41.5 Å². The van der Waals surface area contributed by atoms with Crippen LogP contribution in [0.2, 0.25) is 5.02 Å². The maximum atomic E-state index is 12.2. The fraction of sp³-hybridized carbons (Fsp3) is 0.308. The lowest BCUT2D eigenvalue weighted by Gasteiger charge is -2.35. The van der Waals surface area contributed by atoms with Gasteiger partial charge in [-0.1, -0.05) is 17.7 Å². The van der Waals surface area contributed by atoms with Crippen LogP contribution < -0.4 is 14.8 Å². The van der Waals surface area contributed by atoms with E-state index < -0.39 is 6.61 Å². The molecule has 5 rings (SSSR count). The van der Waals surface area contributed by atoms with Crippen molar-refractivity contribution in [3.63, 3.8) is 0 Å². The van der Waals surface area contributed by atoms with Gasteiger partial charge in [0.2, 0.25) is 5.91 Å². The fourth-order valence-corrected chi connectivity index (χ4v) is 5.14. The number of aliphatic hydroxyl groups excluding tert-OH is 1. The third-order valence-corrected chi connectivity index (χ3v) is 7.12. The van der Waals surface area contributed by atoms with Gasteiger partial charge in [0.25, 0.3) is 0 Å². The number of nitrogens with one attached hydrogen (secondary N) is 1. The van der Waals surface area contributed by atoms with Crippen molar-refractivity contribution in [1.29, 1.82) is 0 Å². The van der Waals surface area contributed by atoms with E-state index in [1.54, 1.807) is 22.5 Å². The second-order valence-corrected chi connectivity index (χ2v) is 9.74. The molecule has 0 radical (unpaired) electrons. The van der Waals surface area contributed by atoms with Crippen molar-refractivity contribution in [2.24, 2.45) is 0 Å². The Balaban J connectivity index is 0.00000336. The Morgan fingerprint density at radius 1 is 1.16 bits per heavy atom. The number of nitrogens with zero attached hydrogens (tertiary/aromatic N) is 4. The first kappa shape index (κ1) is 27.8. The van der Waals surface area contributed by atoms with Crippen LogP contribution in [0.25, 0.3) is 10.9 Å². The number of fused-ring (bicyclic) bond motifs is 1. The van der Waals surface area contributed by atoms with Crippen LogP contribution in [0, 0.1) is 0 Å². The van der Waals surface area contributed by atoms with E-state index in [4.69, 9.17) is 21.1 Å². The molecule has 0 spiro atoms. The van der Waals surface area contributed by atoms with Gasteiger partial charge in [-0.25, -0.2) is 15.0 Å². The second-order valence-electron chi connectivity index (χ2n) is 8.62. The Bertz CT molecular complexity index is 1370. The van der Waals surface area contributed by atoms with Gasteiger partial charge in [0.1, 0.15) is 43.5 Å². The van der Waals surface area contributed by atoms with Gasteiger partial charge in [0.15, 0.2) is 0 Å². The number of carbonyl (C=O) groups excluding carboxylic acids is 1. The van der Waals surface area contributed by atoms with E-state index in [1.807, 2.05) is 29.6 Å². The molecule has 0 saturated carbocycles. The van der Waals surface area contributed by atoms with Gasteiger partial charge >= 0.3 is 0 Å². The minimum absolute atomic E-state index is 0. The van der Waals surface area contributed by atoms with E-state index in [1.165, 1.54) is 17.7 Å². The molecule has 1 fully saturated rings. The Morgan fingerprint density at radius 3 is 2.84 bits per heavy atom. The van der Waals surface area contributed by atoms with Crippen LogP contribution in [0.4, 0.5) is 11.5 Å². The summed E-state index contributed by atoms with van der Waals surface area (Å²) in [6.07, 6.45) is 4.26. The van der Waals surface area contributed by atoms with Crippen molar-refractivity contribution < 1.29 is 19.4 Å². The molecule has 1 saturated heterocycles. The smallest absolute Gasteiger partial charge is 0.248 e. The minimum atomic E-state index is -0.496. The summed E-state index contributed by atoms with van der Waals surface area (Å²) in [6.45, 7) is 0.790. The number of thiazole rings is 1. The summed E-state index contributed by atoms with van der Waals surface area (Å²) in [5, 5.41) is 15.8. The second kappa shape index (κ2) is 13.1. The first-order chi connectivity index (χ1) is 18.1. The lowest BCUT2D eigenvalue weighted by atomic mass is 10.0. The van der Waals surface area contributed by atoms with Crippen LogP contribution in [-0.4, -0.2) is 56.7 Å². The van der Waals surface area contributed by atoms with Crippen molar-refractivity contribution in [3.05, 3.63) is 64.3 Å². The van der Waals surface area contributed by atoms with Crippen molar-refractivity contribution in [1.82, 2.24) is 19.9 Å². The number of hydrogen-bond acceptors (Lipinski definition) is 9. The molecule has 3 heterocycles. The highest BCUT2D eigenvalue weighted by molar-refractivity contribution is 7.07. The molecule has 1 aliphatic rings. The number of ether oxygens (including phenoxy) is 2. The first-order valence-corrected chi connectivity index (χ1v) is 13.3. The van der Waals surface area contributed by atoms with E-state index in [-0.39, 0.29) is 24.4 Å². The van der Waals surface area contributed by atoms with Crippen LogP contribution >= 0.6 is 35.3 Å². The van der Waals surface area contributed by atoms with Crippen LogP contribution in [0.3, 0.4) is 0 Å². The molecule has 2 N–H and O–H groups in total. The number of aliphatic hydroxyl groups is 1. The summed E-state index contributed by atoms with van der Waals surface area (Å²) in [4.78, 5) is 27.0. The molecule has 2 aromatic heterocycles. The van der Waals surface area contributed by atoms with Gasteiger partial charge in [-0.3, -0.25) is 4.79 Å². The average Bonchev–Trinajstić information content (AvgIpc) is 3.45. The molecular formula is C26H27Cl2N5O4S. The summed E-state index contributed by atoms with van der Waals surface area (Å²) < 4.78 is 12.0. The van der Waals surface area contributed by atoms with Gasteiger partial charge < -0.3 is 24.8 Å². The number of benzene rings is 2. The highest BCUT2D eigenvalue weighted by atomic mass is 35.5. The summed E-state index contributed by atoms with van der Waals surface area (Å²) in [5.74, 6) is 1.47. The van der Waals surface area contributed by atoms with Gasteiger partial charge in [-0.2, -0.15) is 0 Å². The molecule has 9 nitrogen and oxygen atoms in total. The number of halogens is 2. The average molecular weight is 577 g/mol. The molecule has 1 atom stereocenters. The Hall–Kier alpha value is -3.18. The number of hydrogen-bond donors (Lipinski definition) is 2. The normalized spacial score (nSPS) is 15.1. The lowest BCUT2D eigenvalue weighted by Crippen LogP contribution is -2.47. The van der Waals surface area contributed by atoms with Gasteiger partial charge in [0.05, 0.1) is 33.2 Å². The number of rotatable bonds is 9. The molecule has 1 amide bonds. The molecule has 4 aromatic rings. The maximum absolute atomic E-state index is 12.2. The number of likely N-dealkylation sites (tertiary alicyclic amines) is 1. The summed E-state index contributed by atoms with van der Waals surface area (Å²) in [5.41, 5.74) is 4.06. The quantitative estimate of drug-likeness (QED) is 0.279. The fourth-order valence-electron chi connectivity index (χ4n) is 4.37. The van der Waals surface area contributed by atoms with Crippen LogP contribution in [0.1, 0.15) is 25.0 Å². The number of carbonyl (C=O) groups is 1. The third-order valence-electron chi connectivity index (χ3n) is 6.19. The predicted molar refractivity (Wildman–Crippen MR) is 150 cm³/mol. The van der Waals surface area contributed by atoms with E-state index in [2.05, 4.69) is 20.3 Å². The Kier molecular flexibility index (Phi) is 9.57. The molecule has 1 aliphatic heterocycles. The van der Waals surface area contributed by atoms with Crippen molar-refractivity contribution in [2.75, 3.05) is 25.1 Å². The molecule has 38 heavy (non-hydrogen) atoms. The minimum Gasteiger partial charge on any atom is -0.491 e. The number of aromatic nitrogens is 3.